The van der Waals surface area contributed by atoms with E-state index in [1.54, 1.807) is 38.3 Å². The first-order chi connectivity index (χ1) is 12.9. The Kier molecular flexibility index (Phi) is 5.12. The van der Waals surface area contributed by atoms with Crippen LogP contribution < -0.4 is 15.4 Å². The van der Waals surface area contributed by atoms with E-state index in [0.29, 0.717) is 17.9 Å². The predicted molar refractivity (Wildman–Crippen MR) is 98.9 cm³/mol. The van der Waals surface area contributed by atoms with Gasteiger partial charge < -0.3 is 15.4 Å². The first-order valence-corrected chi connectivity index (χ1v) is 8.53. The van der Waals surface area contributed by atoms with Crippen molar-refractivity contribution >= 4 is 17.8 Å². The fourth-order valence-corrected chi connectivity index (χ4v) is 2.96. The number of imide groups is 1. The molecule has 1 heterocycles. The molecule has 1 saturated heterocycles. The Morgan fingerprint density at radius 3 is 2.41 bits per heavy atom. The van der Waals surface area contributed by atoms with Gasteiger partial charge in [0.15, 0.2) is 0 Å². The van der Waals surface area contributed by atoms with Crippen molar-refractivity contribution in [3.8, 4) is 5.75 Å². The van der Waals surface area contributed by atoms with Gasteiger partial charge in [-0.3, -0.25) is 14.5 Å². The average Bonchev–Trinajstić information content (AvgIpc) is 2.91. The number of ether oxygens (including phenoxy) is 1. The summed E-state index contributed by atoms with van der Waals surface area (Å²) in [5.74, 6) is -0.217. The number of carbonyl (C=O) groups excluding carboxylic acids is 3. The third-order valence-corrected chi connectivity index (χ3v) is 4.58. The molecule has 0 saturated carbocycles. The average molecular weight is 367 g/mol. The smallest absolute Gasteiger partial charge is 0.325 e. The molecule has 1 aliphatic heterocycles. The highest BCUT2D eigenvalue weighted by atomic mass is 16.5. The van der Waals surface area contributed by atoms with Crippen LogP contribution in [-0.2, 0) is 21.7 Å². The lowest BCUT2D eigenvalue weighted by molar-refractivity contribution is -0.134. The number of nitrogens with zero attached hydrogens (tertiary/aromatic N) is 1. The van der Waals surface area contributed by atoms with Crippen LogP contribution in [0.3, 0.4) is 0 Å². The molecule has 7 heteroatoms. The number of hydrogen-bond donors (Lipinski definition) is 2. The lowest BCUT2D eigenvalue weighted by Crippen LogP contribution is -2.43. The van der Waals surface area contributed by atoms with Crippen molar-refractivity contribution in [3.05, 3.63) is 65.7 Å². The maximum atomic E-state index is 12.8. The Hall–Kier alpha value is -3.35. The summed E-state index contributed by atoms with van der Waals surface area (Å²) in [6, 6.07) is 15.7. The Morgan fingerprint density at radius 1 is 1.11 bits per heavy atom. The molecular weight excluding hydrogens is 346 g/mol. The molecule has 2 aromatic rings. The summed E-state index contributed by atoms with van der Waals surface area (Å²) in [6.07, 6.45) is 0. The van der Waals surface area contributed by atoms with E-state index in [1.807, 2.05) is 30.3 Å². The number of hydrogen-bond acceptors (Lipinski definition) is 4. The van der Waals surface area contributed by atoms with Gasteiger partial charge in [0.2, 0.25) is 5.91 Å². The Morgan fingerprint density at radius 2 is 1.78 bits per heavy atom. The third-order valence-electron chi connectivity index (χ3n) is 4.58. The first kappa shape index (κ1) is 18.4. The van der Waals surface area contributed by atoms with Gasteiger partial charge in [0.25, 0.3) is 5.91 Å². The number of nitrogens with one attached hydrogen (secondary N) is 2. The standard InChI is InChI=1S/C20H21N3O4/c1-20(15-8-10-16(27-2)11-9-15)18(25)23(19(26)22-20)13-17(24)21-12-14-6-4-3-5-7-14/h3-11H,12-13H2,1-2H3,(H,21,24)(H,22,26). The van der Waals surface area contributed by atoms with Gasteiger partial charge in [0.05, 0.1) is 7.11 Å². The summed E-state index contributed by atoms with van der Waals surface area (Å²) in [7, 11) is 1.55. The second-order valence-corrected chi connectivity index (χ2v) is 6.44. The van der Waals surface area contributed by atoms with Gasteiger partial charge in [-0.05, 0) is 30.2 Å². The van der Waals surface area contributed by atoms with Crippen molar-refractivity contribution in [1.29, 1.82) is 0 Å². The fourth-order valence-electron chi connectivity index (χ4n) is 2.96. The molecule has 1 aliphatic rings. The summed E-state index contributed by atoms with van der Waals surface area (Å²) < 4.78 is 5.11. The summed E-state index contributed by atoms with van der Waals surface area (Å²) in [4.78, 5) is 38.3. The van der Waals surface area contributed by atoms with Crippen molar-refractivity contribution in [2.45, 2.75) is 19.0 Å². The number of carbonyl (C=O) groups is 3. The van der Waals surface area contributed by atoms with Crippen molar-refractivity contribution < 1.29 is 19.1 Å². The quantitative estimate of drug-likeness (QED) is 0.762. The maximum Gasteiger partial charge on any atom is 0.325 e. The number of methoxy groups -OCH3 is 1. The van der Waals surface area contributed by atoms with E-state index in [9.17, 15) is 14.4 Å². The number of urea groups is 1. The molecule has 7 nitrogen and oxygen atoms in total. The van der Waals surface area contributed by atoms with Crippen LogP contribution >= 0.6 is 0 Å². The van der Waals surface area contributed by atoms with Gasteiger partial charge in [-0.2, -0.15) is 0 Å². The van der Waals surface area contributed by atoms with E-state index in [4.69, 9.17) is 4.74 Å². The summed E-state index contributed by atoms with van der Waals surface area (Å²) >= 11 is 0. The van der Waals surface area contributed by atoms with E-state index in [0.717, 1.165) is 10.5 Å². The highest BCUT2D eigenvalue weighted by Gasteiger charge is 2.49. The second-order valence-electron chi connectivity index (χ2n) is 6.44. The zero-order valence-electron chi connectivity index (χ0n) is 15.2. The summed E-state index contributed by atoms with van der Waals surface area (Å²) in [5, 5.41) is 5.40. The van der Waals surface area contributed by atoms with Crippen molar-refractivity contribution in [2.75, 3.05) is 13.7 Å². The zero-order chi connectivity index (χ0) is 19.4. The molecule has 0 aliphatic carbocycles. The topological polar surface area (TPSA) is 87.7 Å². The van der Waals surface area contributed by atoms with Gasteiger partial charge in [-0.15, -0.1) is 0 Å². The molecule has 140 valence electrons. The van der Waals surface area contributed by atoms with Crippen LogP contribution in [0, 0.1) is 0 Å². The lowest BCUT2D eigenvalue weighted by Gasteiger charge is -2.22. The van der Waals surface area contributed by atoms with Gasteiger partial charge in [-0.25, -0.2) is 4.79 Å². The minimum absolute atomic E-state index is 0.330. The maximum absolute atomic E-state index is 12.8. The Bertz CT molecular complexity index is 851. The van der Waals surface area contributed by atoms with Crippen LogP contribution in [0.5, 0.6) is 5.75 Å². The monoisotopic (exact) mass is 367 g/mol. The normalized spacial score (nSPS) is 19.0. The molecular formula is C20H21N3O4. The van der Waals surface area contributed by atoms with Gasteiger partial charge in [0, 0.05) is 6.54 Å². The molecule has 0 radical (unpaired) electrons. The molecule has 1 atom stereocenters. The molecule has 27 heavy (non-hydrogen) atoms. The predicted octanol–water partition coefficient (Wildman–Crippen LogP) is 1.78. The lowest BCUT2D eigenvalue weighted by atomic mass is 9.92. The minimum atomic E-state index is -1.22. The van der Waals surface area contributed by atoms with E-state index in [-0.39, 0.29) is 6.54 Å². The van der Waals surface area contributed by atoms with Gasteiger partial charge in [-0.1, -0.05) is 42.5 Å². The fraction of sp³-hybridized carbons (Fsp3) is 0.250. The number of rotatable bonds is 6. The van der Waals surface area contributed by atoms with E-state index >= 15 is 0 Å². The molecule has 0 spiro atoms. The van der Waals surface area contributed by atoms with E-state index in [1.165, 1.54) is 0 Å². The molecule has 1 fully saturated rings. The Labute approximate surface area is 157 Å². The van der Waals surface area contributed by atoms with Crippen molar-refractivity contribution in [3.63, 3.8) is 0 Å². The van der Waals surface area contributed by atoms with E-state index < -0.39 is 23.4 Å². The third kappa shape index (κ3) is 3.76. The summed E-state index contributed by atoms with van der Waals surface area (Å²) in [6.45, 7) is 1.62. The zero-order valence-corrected chi connectivity index (χ0v) is 15.2. The molecule has 0 bridgehead atoms. The van der Waals surface area contributed by atoms with E-state index in [2.05, 4.69) is 10.6 Å². The van der Waals surface area contributed by atoms with Crippen LogP contribution in [0.4, 0.5) is 4.79 Å². The largest absolute Gasteiger partial charge is 0.497 e. The Balaban J connectivity index is 1.67. The molecule has 3 rings (SSSR count). The molecule has 4 amide bonds. The van der Waals surface area contributed by atoms with Crippen LogP contribution in [0.1, 0.15) is 18.1 Å². The van der Waals surface area contributed by atoms with Crippen molar-refractivity contribution in [1.82, 2.24) is 15.5 Å². The SMILES string of the molecule is COc1ccc(C2(C)NC(=O)N(CC(=O)NCc3ccccc3)C2=O)cc1. The highest BCUT2D eigenvalue weighted by Crippen LogP contribution is 2.29. The molecule has 1 unspecified atom stereocenters. The van der Waals surface area contributed by atoms with Gasteiger partial charge >= 0.3 is 6.03 Å². The van der Waals surface area contributed by atoms with Crippen LogP contribution in [0.15, 0.2) is 54.6 Å². The van der Waals surface area contributed by atoms with Crippen LogP contribution in [-0.4, -0.2) is 36.4 Å². The number of benzene rings is 2. The van der Waals surface area contributed by atoms with Crippen molar-refractivity contribution in [2.24, 2.45) is 0 Å². The second kappa shape index (κ2) is 7.49. The minimum Gasteiger partial charge on any atom is -0.497 e. The van der Waals surface area contributed by atoms with Crippen LogP contribution in [0.25, 0.3) is 0 Å². The molecule has 2 aromatic carbocycles. The van der Waals surface area contributed by atoms with Crippen LogP contribution in [0.2, 0.25) is 0 Å². The highest BCUT2D eigenvalue weighted by molar-refractivity contribution is 6.09. The molecule has 0 aromatic heterocycles. The molecule has 2 N–H and O–H groups in total. The summed E-state index contributed by atoms with van der Waals surface area (Å²) in [5.41, 5.74) is 0.336. The van der Waals surface area contributed by atoms with Gasteiger partial charge in [0.1, 0.15) is 17.8 Å². The number of amides is 4. The first-order valence-electron chi connectivity index (χ1n) is 8.53.